The highest BCUT2D eigenvalue weighted by atomic mass is 19.1. The van der Waals surface area contributed by atoms with Crippen LogP contribution in [0.3, 0.4) is 0 Å². The van der Waals surface area contributed by atoms with E-state index in [0.29, 0.717) is 11.4 Å². The first kappa shape index (κ1) is 18.4. The van der Waals surface area contributed by atoms with Crippen LogP contribution >= 0.6 is 0 Å². The van der Waals surface area contributed by atoms with Gasteiger partial charge < -0.3 is 15.4 Å². The Labute approximate surface area is 144 Å². The Morgan fingerprint density at radius 3 is 2.56 bits per heavy atom. The summed E-state index contributed by atoms with van der Waals surface area (Å²) in [7, 11) is 2.94. The van der Waals surface area contributed by atoms with Gasteiger partial charge in [-0.1, -0.05) is 0 Å². The molecule has 132 valence electrons. The van der Waals surface area contributed by atoms with Gasteiger partial charge >= 0.3 is 0 Å². The number of carbonyl (C=O) groups is 2. The first-order chi connectivity index (χ1) is 11.9. The predicted octanol–water partition coefficient (Wildman–Crippen LogP) is 2.90. The summed E-state index contributed by atoms with van der Waals surface area (Å²) in [4.78, 5) is 24.0. The highest BCUT2D eigenvalue weighted by Crippen LogP contribution is 2.22. The lowest BCUT2D eigenvalue weighted by Gasteiger charge is -2.12. The zero-order chi connectivity index (χ0) is 18.4. The Balaban J connectivity index is 2.09. The minimum Gasteiger partial charge on any atom is -0.497 e. The van der Waals surface area contributed by atoms with Crippen molar-refractivity contribution in [1.82, 2.24) is 5.32 Å². The van der Waals surface area contributed by atoms with Crippen molar-refractivity contribution in [2.75, 3.05) is 19.5 Å². The topological polar surface area (TPSA) is 67.4 Å². The number of benzene rings is 2. The van der Waals surface area contributed by atoms with Gasteiger partial charge in [0, 0.05) is 13.5 Å². The highest BCUT2D eigenvalue weighted by molar-refractivity contribution is 6.04. The lowest BCUT2D eigenvalue weighted by atomic mass is 10.1. The van der Waals surface area contributed by atoms with E-state index in [1.165, 1.54) is 20.2 Å². The van der Waals surface area contributed by atoms with Crippen LogP contribution in [0.15, 0.2) is 36.4 Å². The molecule has 2 aromatic carbocycles. The standard InChI is InChI=1S/C18H18F2N2O3/c1-21-18(24)14-10-13(25-2)5-7-16(14)22-17(23)8-3-11-9-12(19)4-6-15(11)20/h4-7,9-10H,3,8H2,1-2H3,(H,21,24)(H,22,23). The van der Waals surface area contributed by atoms with Crippen molar-refractivity contribution in [3.05, 3.63) is 59.2 Å². The number of rotatable bonds is 6. The fourth-order valence-corrected chi connectivity index (χ4v) is 2.28. The number of nitrogens with one attached hydrogen (secondary N) is 2. The summed E-state index contributed by atoms with van der Waals surface area (Å²) in [6.07, 6.45) is -0.0134. The van der Waals surface area contributed by atoms with Gasteiger partial charge in [-0.15, -0.1) is 0 Å². The zero-order valence-electron chi connectivity index (χ0n) is 13.9. The van der Waals surface area contributed by atoms with E-state index in [1.54, 1.807) is 12.1 Å². The lowest BCUT2D eigenvalue weighted by Crippen LogP contribution is -2.21. The molecule has 0 aliphatic rings. The van der Waals surface area contributed by atoms with Gasteiger partial charge in [-0.25, -0.2) is 8.78 Å². The number of halogens is 2. The first-order valence-electron chi connectivity index (χ1n) is 7.58. The third-order valence-electron chi connectivity index (χ3n) is 3.60. The van der Waals surface area contributed by atoms with Crippen LogP contribution in [0.2, 0.25) is 0 Å². The van der Waals surface area contributed by atoms with Crippen LogP contribution in [0.5, 0.6) is 5.75 Å². The summed E-state index contributed by atoms with van der Waals surface area (Å²) in [6.45, 7) is 0. The van der Waals surface area contributed by atoms with E-state index in [9.17, 15) is 18.4 Å². The number of carbonyl (C=O) groups excluding carboxylic acids is 2. The molecule has 0 atom stereocenters. The third kappa shape index (κ3) is 4.76. The molecule has 0 aromatic heterocycles. The fraction of sp³-hybridized carbons (Fsp3) is 0.222. The van der Waals surface area contributed by atoms with Gasteiger partial charge in [0.15, 0.2) is 0 Å². The number of methoxy groups -OCH3 is 1. The maximum absolute atomic E-state index is 13.6. The van der Waals surface area contributed by atoms with Gasteiger partial charge in [0.2, 0.25) is 5.91 Å². The normalized spacial score (nSPS) is 10.2. The average Bonchev–Trinajstić information content (AvgIpc) is 2.62. The van der Waals surface area contributed by atoms with Gasteiger partial charge in [-0.3, -0.25) is 9.59 Å². The molecule has 25 heavy (non-hydrogen) atoms. The molecule has 0 radical (unpaired) electrons. The van der Waals surface area contributed by atoms with Crippen LogP contribution in [0, 0.1) is 11.6 Å². The molecule has 2 N–H and O–H groups in total. The van der Waals surface area contributed by atoms with Gasteiger partial charge in [0.25, 0.3) is 5.91 Å². The third-order valence-corrected chi connectivity index (χ3v) is 3.60. The van der Waals surface area contributed by atoms with Crippen molar-refractivity contribution in [3.8, 4) is 5.75 Å². The summed E-state index contributed by atoms with van der Waals surface area (Å²) >= 11 is 0. The van der Waals surface area contributed by atoms with E-state index in [1.807, 2.05) is 0 Å². The molecule has 0 heterocycles. The van der Waals surface area contributed by atoms with Crippen LogP contribution in [0.25, 0.3) is 0 Å². The molecule has 2 aromatic rings. The quantitative estimate of drug-likeness (QED) is 0.843. The van der Waals surface area contributed by atoms with Crippen LogP contribution in [-0.2, 0) is 11.2 Å². The molecule has 0 aliphatic carbocycles. The second-order valence-corrected chi connectivity index (χ2v) is 5.27. The fourth-order valence-electron chi connectivity index (χ4n) is 2.28. The minimum absolute atomic E-state index is 0.0425. The molecule has 0 saturated heterocycles. The molecule has 2 rings (SSSR count). The molecule has 0 unspecified atom stereocenters. The molecule has 5 nitrogen and oxygen atoms in total. The van der Waals surface area contributed by atoms with E-state index >= 15 is 0 Å². The Morgan fingerprint density at radius 1 is 1.12 bits per heavy atom. The second kappa shape index (κ2) is 8.23. The Hall–Kier alpha value is -2.96. The molecule has 0 saturated carbocycles. The van der Waals surface area contributed by atoms with E-state index < -0.39 is 17.5 Å². The molecule has 0 fully saturated rings. The average molecular weight is 348 g/mol. The Bertz CT molecular complexity index is 794. The number of ether oxygens (including phenoxy) is 1. The van der Waals surface area contributed by atoms with E-state index in [0.717, 1.165) is 18.2 Å². The van der Waals surface area contributed by atoms with Crippen molar-refractivity contribution in [2.24, 2.45) is 0 Å². The molecular formula is C18H18F2N2O3. The van der Waals surface area contributed by atoms with Gasteiger partial charge in [-0.05, 0) is 48.4 Å². The van der Waals surface area contributed by atoms with Crippen LogP contribution < -0.4 is 15.4 Å². The van der Waals surface area contributed by atoms with Gasteiger partial charge in [0.1, 0.15) is 17.4 Å². The van der Waals surface area contributed by atoms with Gasteiger partial charge in [-0.2, -0.15) is 0 Å². The van der Waals surface area contributed by atoms with Crippen molar-refractivity contribution in [2.45, 2.75) is 12.8 Å². The maximum Gasteiger partial charge on any atom is 0.253 e. The van der Waals surface area contributed by atoms with E-state index in [2.05, 4.69) is 10.6 Å². The molecular weight excluding hydrogens is 330 g/mol. The number of hydrogen-bond acceptors (Lipinski definition) is 3. The number of amides is 2. The molecule has 0 bridgehead atoms. The Morgan fingerprint density at radius 2 is 1.88 bits per heavy atom. The number of hydrogen-bond donors (Lipinski definition) is 2. The molecule has 0 spiro atoms. The Kier molecular flexibility index (Phi) is 6.05. The van der Waals surface area contributed by atoms with Crippen LogP contribution in [0.4, 0.5) is 14.5 Å². The van der Waals surface area contributed by atoms with Crippen molar-refractivity contribution < 1.29 is 23.1 Å². The van der Waals surface area contributed by atoms with E-state index in [-0.39, 0.29) is 29.9 Å². The summed E-state index contributed by atoms with van der Waals surface area (Å²) in [6, 6.07) is 7.76. The van der Waals surface area contributed by atoms with E-state index in [4.69, 9.17) is 4.74 Å². The van der Waals surface area contributed by atoms with Crippen molar-refractivity contribution >= 4 is 17.5 Å². The number of anilines is 1. The zero-order valence-corrected chi connectivity index (χ0v) is 13.9. The number of aryl methyl sites for hydroxylation is 1. The SMILES string of the molecule is CNC(=O)c1cc(OC)ccc1NC(=O)CCc1cc(F)ccc1F. The largest absolute Gasteiger partial charge is 0.497 e. The predicted molar refractivity (Wildman–Crippen MR) is 89.7 cm³/mol. The monoisotopic (exact) mass is 348 g/mol. The van der Waals surface area contributed by atoms with Gasteiger partial charge in [0.05, 0.1) is 18.4 Å². The highest BCUT2D eigenvalue weighted by Gasteiger charge is 2.14. The van der Waals surface area contributed by atoms with Crippen LogP contribution in [0.1, 0.15) is 22.3 Å². The summed E-state index contributed by atoms with van der Waals surface area (Å²) in [5.74, 6) is -1.46. The lowest BCUT2D eigenvalue weighted by molar-refractivity contribution is -0.116. The first-order valence-corrected chi connectivity index (χ1v) is 7.58. The maximum atomic E-state index is 13.6. The summed E-state index contributed by atoms with van der Waals surface area (Å²) in [5.41, 5.74) is 0.674. The molecule has 7 heteroatoms. The summed E-state index contributed by atoms with van der Waals surface area (Å²) in [5, 5.41) is 5.09. The van der Waals surface area contributed by atoms with Crippen molar-refractivity contribution in [1.29, 1.82) is 0 Å². The smallest absolute Gasteiger partial charge is 0.253 e. The second-order valence-electron chi connectivity index (χ2n) is 5.27. The summed E-state index contributed by atoms with van der Waals surface area (Å²) < 4.78 is 31.8. The van der Waals surface area contributed by atoms with Crippen molar-refractivity contribution in [3.63, 3.8) is 0 Å². The molecule has 0 aliphatic heterocycles. The molecule has 2 amide bonds. The minimum atomic E-state index is -0.565. The van der Waals surface area contributed by atoms with Crippen LogP contribution in [-0.4, -0.2) is 26.0 Å².